The summed E-state index contributed by atoms with van der Waals surface area (Å²) in [6, 6.07) is 21.5. The van der Waals surface area contributed by atoms with Crippen molar-refractivity contribution in [3.05, 3.63) is 71.8 Å². The maximum Gasteiger partial charge on any atom is 0.0751 e. The number of fused-ring (bicyclic) bond motifs is 1. The topological polar surface area (TPSA) is 20.2 Å². The van der Waals surface area contributed by atoms with Crippen LogP contribution in [0.25, 0.3) is 21.9 Å². The molecule has 0 unspecified atom stereocenters. The predicted molar refractivity (Wildman–Crippen MR) is 108 cm³/mol. The van der Waals surface area contributed by atoms with Crippen molar-refractivity contribution in [2.45, 2.75) is 17.6 Å². The van der Waals surface area contributed by atoms with Crippen LogP contribution in [0.4, 0.5) is 0 Å². The van der Waals surface area contributed by atoms with Gasteiger partial charge in [-0.1, -0.05) is 60.7 Å². The van der Waals surface area contributed by atoms with E-state index >= 15 is 0 Å². The molecule has 24 heavy (non-hydrogen) atoms. The standard InChI is InChI=1S/C21H20OS2/c22-14-18-11-6-15-4-1-2-5-19(15)20(18)16-7-9-17(10-8-16)21-23-12-3-13-24-21/h1-2,4-11,21-22H,3,12-14H2. The smallest absolute Gasteiger partial charge is 0.0751 e. The summed E-state index contributed by atoms with van der Waals surface area (Å²) in [5, 5.41) is 12.2. The van der Waals surface area contributed by atoms with Gasteiger partial charge in [-0.05, 0) is 51.0 Å². The molecule has 1 fully saturated rings. The molecular formula is C21H20OS2. The van der Waals surface area contributed by atoms with Crippen LogP contribution in [0.2, 0.25) is 0 Å². The first kappa shape index (κ1) is 16.1. The molecule has 0 atom stereocenters. The van der Waals surface area contributed by atoms with E-state index in [0.717, 1.165) is 11.1 Å². The Balaban J connectivity index is 1.77. The van der Waals surface area contributed by atoms with Gasteiger partial charge in [0.2, 0.25) is 0 Å². The van der Waals surface area contributed by atoms with Gasteiger partial charge in [-0.2, -0.15) is 0 Å². The molecule has 1 heterocycles. The number of aliphatic hydroxyl groups is 1. The van der Waals surface area contributed by atoms with Gasteiger partial charge in [0.05, 0.1) is 11.2 Å². The molecule has 0 amide bonds. The van der Waals surface area contributed by atoms with Gasteiger partial charge in [0, 0.05) is 0 Å². The molecule has 0 spiro atoms. The lowest BCUT2D eigenvalue weighted by molar-refractivity contribution is 0.282. The van der Waals surface area contributed by atoms with Crippen LogP contribution in [0.3, 0.4) is 0 Å². The second kappa shape index (κ2) is 7.22. The average molecular weight is 353 g/mol. The van der Waals surface area contributed by atoms with Crippen molar-refractivity contribution in [1.82, 2.24) is 0 Å². The highest BCUT2D eigenvalue weighted by atomic mass is 32.2. The Morgan fingerprint density at radius 3 is 2.38 bits per heavy atom. The average Bonchev–Trinajstić information content (AvgIpc) is 2.68. The zero-order chi connectivity index (χ0) is 16.4. The minimum absolute atomic E-state index is 0.0657. The third kappa shape index (κ3) is 3.08. The number of hydrogen-bond donors (Lipinski definition) is 1. The zero-order valence-electron chi connectivity index (χ0n) is 13.4. The van der Waals surface area contributed by atoms with Gasteiger partial charge in [0.15, 0.2) is 0 Å². The molecule has 0 radical (unpaired) electrons. The van der Waals surface area contributed by atoms with Gasteiger partial charge in [-0.3, -0.25) is 0 Å². The fourth-order valence-corrected chi connectivity index (χ4v) is 6.17. The van der Waals surface area contributed by atoms with Crippen LogP contribution in [-0.2, 0) is 6.61 Å². The van der Waals surface area contributed by atoms with Crippen LogP contribution >= 0.6 is 23.5 Å². The summed E-state index contributed by atoms with van der Waals surface area (Å²) in [5.74, 6) is 2.52. The second-order valence-corrected chi connectivity index (χ2v) is 8.75. The summed E-state index contributed by atoms with van der Waals surface area (Å²) >= 11 is 4.10. The molecule has 1 aliphatic heterocycles. The molecular weight excluding hydrogens is 332 g/mol. The number of thioether (sulfide) groups is 2. The monoisotopic (exact) mass is 352 g/mol. The third-order valence-electron chi connectivity index (χ3n) is 4.48. The van der Waals surface area contributed by atoms with Gasteiger partial charge in [-0.15, -0.1) is 23.5 Å². The molecule has 3 aromatic carbocycles. The fraction of sp³-hybridized carbons (Fsp3) is 0.238. The van der Waals surface area contributed by atoms with Gasteiger partial charge >= 0.3 is 0 Å². The number of hydrogen-bond acceptors (Lipinski definition) is 3. The van der Waals surface area contributed by atoms with Crippen LogP contribution in [0.5, 0.6) is 0 Å². The Labute approximate surface area is 151 Å². The fourth-order valence-electron chi connectivity index (χ4n) is 3.28. The molecule has 122 valence electrons. The normalized spacial score (nSPS) is 15.7. The quantitative estimate of drug-likeness (QED) is 0.637. The summed E-state index contributed by atoms with van der Waals surface area (Å²) in [7, 11) is 0. The van der Waals surface area contributed by atoms with Gasteiger partial charge < -0.3 is 5.11 Å². The van der Waals surface area contributed by atoms with Crippen molar-refractivity contribution < 1.29 is 5.11 Å². The molecule has 3 aromatic rings. The lowest BCUT2D eigenvalue weighted by Gasteiger charge is -2.21. The van der Waals surface area contributed by atoms with Crippen LogP contribution in [0, 0.1) is 0 Å². The number of rotatable bonds is 3. The minimum atomic E-state index is 0.0657. The Morgan fingerprint density at radius 2 is 1.62 bits per heavy atom. The first-order valence-corrected chi connectivity index (χ1v) is 10.4. The molecule has 1 aliphatic rings. The van der Waals surface area contributed by atoms with Crippen molar-refractivity contribution in [1.29, 1.82) is 0 Å². The van der Waals surface area contributed by atoms with Gasteiger partial charge in [0.1, 0.15) is 0 Å². The van der Waals surface area contributed by atoms with E-state index in [1.807, 2.05) is 6.07 Å². The molecule has 0 saturated carbocycles. The van der Waals surface area contributed by atoms with Crippen molar-refractivity contribution in [3.8, 4) is 11.1 Å². The third-order valence-corrected chi connectivity index (χ3v) is 7.50. The summed E-state index contributed by atoms with van der Waals surface area (Å²) in [4.78, 5) is 0. The maximum atomic E-state index is 9.79. The Hall–Kier alpha value is -1.42. The van der Waals surface area contributed by atoms with E-state index in [9.17, 15) is 5.11 Å². The summed E-state index contributed by atoms with van der Waals surface area (Å²) in [6.07, 6.45) is 1.32. The number of benzene rings is 3. The predicted octanol–water partition coefficient (Wildman–Crippen LogP) is 5.87. The van der Waals surface area contributed by atoms with Crippen molar-refractivity contribution in [2.24, 2.45) is 0 Å². The highest BCUT2D eigenvalue weighted by Crippen LogP contribution is 2.44. The van der Waals surface area contributed by atoms with Crippen LogP contribution in [0.1, 0.15) is 22.1 Å². The van der Waals surface area contributed by atoms with E-state index in [0.29, 0.717) is 4.58 Å². The lowest BCUT2D eigenvalue weighted by atomic mass is 9.93. The SMILES string of the molecule is OCc1ccc2ccccc2c1-c1ccc(C2SCCCS2)cc1. The molecule has 1 saturated heterocycles. The molecule has 0 aromatic heterocycles. The highest BCUT2D eigenvalue weighted by Gasteiger charge is 2.17. The van der Waals surface area contributed by atoms with E-state index < -0.39 is 0 Å². The van der Waals surface area contributed by atoms with E-state index in [-0.39, 0.29) is 6.61 Å². The molecule has 0 aliphatic carbocycles. The van der Waals surface area contributed by atoms with E-state index in [4.69, 9.17) is 0 Å². The van der Waals surface area contributed by atoms with Crippen LogP contribution < -0.4 is 0 Å². The highest BCUT2D eigenvalue weighted by molar-refractivity contribution is 8.16. The van der Waals surface area contributed by atoms with E-state index in [2.05, 4.69) is 78.1 Å². The Kier molecular flexibility index (Phi) is 4.83. The maximum absolute atomic E-state index is 9.79. The first-order chi connectivity index (χ1) is 11.9. The lowest BCUT2D eigenvalue weighted by Crippen LogP contribution is -2.00. The van der Waals surface area contributed by atoms with Crippen molar-refractivity contribution in [2.75, 3.05) is 11.5 Å². The van der Waals surface area contributed by atoms with Crippen molar-refractivity contribution in [3.63, 3.8) is 0 Å². The first-order valence-electron chi connectivity index (χ1n) is 8.32. The van der Waals surface area contributed by atoms with Crippen molar-refractivity contribution >= 4 is 34.3 Å². The Bertz CT molecular complexity index is 836. The van der Waals surface area contributed by atoms with E-state index in [1.54, 1.807) is 0 Å². The number of aliphatic hydroxyl groups excluding tert-OH is 1. The molecule has 1 N–H and O–H groups in total. The van der Waals surface area contributed by atoms with Crippen LogP contribution in [-0.4, -0.2) is 16.6 Å². The molecule has 3 heteroatoms. The second-order valence-electron chi connectivity index (χ2n) is 6.03. The zero-order valence-corrected chi connectivity index (χ0v) is 15.1. The Morgan fingerprint density at radius 1 is 0.875 bits per heavy atom. The molecule has 4 rings (SSSR count). The van der Waals surface area contributed by atoms with Gasteiger partial charge in [0.25, 0.3) is 0 Å². The molecule has 1 nitrogen and oxygen atoms in total. The minimum Gasteiger partial charge on any atom is -0.392 e. The van der Waals surface area contributed by atoms with E-state index in [1.165, 1.54) is 39.8 Å². The van der Waals surface area contributed by atoms with Gasteiger partial charge in [-0.25, -0.2) is 0 Å². The van der Waals surface area contributed by atoms with Crippen LogP contribution in [0.15, 0.2) is 60.7 Å². The summed E-state index contributed by atoms with van der Waals surface area (Å²) in [6.45, 7) is 0.0657. The summed E-state index contributed by atoms with van der Waals surface area (Å²) in [5.41, 5.74) is 4.73. The summed E-state index contributed by atoms with van der Waals surface area (Å²) < 4.78 is 0.567. The largest absolute Gasteiger partial charge is 0.392 e. The molecule has 0 bridgehead atoms.